The van der Waals surface area contributed by atoms with Crippen LogP contribution in [0.3, 0.4) is 0 Å². The predicted octanol–water partition coefficient (Wildman–Crippen LogP) is 4.24. The summed E-state index contributed by atoms with van der Waals surface area (Å²) in [6.07, 6.45) is 3.25. The van der Waals surface area contributed by atoms with E-state index in [1.54, 1.807) is 11.3 Å². The fraction of sp³-hybridized carbons (Fsp3) is 0.188. The third-order valence-corrected chi connectivity index (χ3v) is 5.36. The van der Waals surface area contributed by atoms with E-state index in [1.165, 1.54) is 10.9 Å². The highest BCUT2D eigenvalue weighted by molar-refractivity contribution is 9.10. The molecule has 0 unspecified atom stereocenters. The molecule has 0 radical (unpaired) electrons. The van der Waals surface area contributed by atoms with Gasteiger partial charge in [-0.25, -0.2) is 0 Å². The standard InChI is InChI=1S/C16H15BrN2OS/c17-13-7-8-21-15(13)10-19-16(20)6-5-11-9-18-14-4-2-1-3-12(11)14/h1-4,7-9,18H,5-6,10H2,(H,19,20). The van der Waals surface area contributed by atoms with Crippen LogP contribution in [0, 0.1) is 0 Å². The Balaban J connectivity index is 1.55. The van der Waals surface area contributed by atoms with Crippen molar-refractivity contribution in [2.24, 2.45) is 0 Å². The Morgan fingerprint density at radius 2 is 2.14 bits per heavy atom. The minimum absolute atomic E-state index is 0.0839. The second kappa shape index (κ2) is 6.45. The van der Waals surface area contributed by atoms with Crippen LogP contribution in [-0.2, 0) is 17.8 Å². The molecule has 0 saturated heterocycles. The van der Waals surface area contributed by atoms with Gasteiger partial charge in [-0.1, -0.05) is 18.2 Å². The van der Waals surface area contributed by atoms with Crippen molar-refractivity contribution in [2.45, 2.75) is 19.4 Å². The summed E-state index contributed by atoms with van der Waals surface area (Å²) < 4.78 is 1.06. The molecule has 0 aliphatic rings. The number of carbonyl (C=O) groups excluding carboxylic acids is 1. The highest BCUT2D eigenvalue weighted by Crippen LogP contribution is 2.22. The number of aromatic nitrogens is 1. The fourth-order valence-corrected chi connectivity index (χ4v) is 3.74. The molecule has 0 fully saturated rings. The predicted molar refractivity (Wildman–Crippen MR) is 90.5 cm³/mol. The zero-order chi connectivity index (χ0) is 14.7. The summed E-state index contributed by atoms with van der Waals surface area (Å²) in [7, 11) is 0. The average molecular weight is 363 g/mol. The summed E-state index contributed by atoms with van der Waals surface area (Å²) in [6, 6.07) is 10.2. The number of aryl methyl sites for hydroxylation is 1. The Morgan fingerprint density at radius 1 is 1.29 bits per heavy atom. The van der Waals surface area contributed by atoms with Gasteiger partial charge in [0.05, 0.1) is 6.54 Å². The quantitative estimate of drug-likeness (QED) is 0.700. The van der Waals surface area contributed by atoms with Crippen LogP contribution in [0.4, 0.5) is 0 Å². The third-order valence-electron chi connectivity index (χ3n) is 3.43. The van der Waals surface area contributed by atoms with E-state index in [-0.39, 0.29) is 5.91 Å². The van der Waals surface area contributed by atoms with Crippen LogP contribution in [0.1, 0.15) is 16.9 Å². The first-order chi connectivity index (χ1) is 10.2. The van der Waals surface area contributed by atoms with E-state index in [2.05, 4.69) is 32.3 Å². The van der Waals surface area contributed by atoms with Gasteiger partial charge in [-0.15, -0.1) is 11.3 Å². The van der Waals surface area contributed by atoms with Gasteiger partial charge in [0.15, 0.2) is 0 Å². The largest absolute Gasteiger partial charge is 0.361 e. The van der Waals surface area contributed by atoms with E-state index < -0.39 is 0 Å². The van der Waals surface area contributed by atoms with E-state index in [0.717, 1.165) is 21.3 Å². The number of para-hydroxylation sites is 1. The molecule has 108 valence electrons. The van der Waals surface area contributed by atoms with Crippen molar-refractivity contribution in [2.75, 3.05) is 0 Å². The number of benzene rings is 1. The number of aromatic amines is 1. The van der Waals surface area contributed by atoms with Crippen LogP contribution in [-0.4, -0.2) is 10.9 Å². The molecule has 3 nitrogen and oxygen atoms in total. The summed E-state index contributed by atoms with van der Waals surface area (Å²) in [4.78, 5) is 16.3. The summed E-state index contributed by atoms with van der Waals surface area (Å²) >= 11 is 5.11. The lowest BCUT2D eigenvalue weighted by Crippen LogP contribution is -2.22. The molecule has 2 heterocycles. The topological polar surface area (TPSA) is 44.9 Å². The number of amides is 1. The molecular weight excluding hydrogens is 348 g/mol. The maximum Gasteiger partial charge on any atom is 0.220 e. The van der Waals surface area contributed by atoms with E-state index in [0.29, 0.717) is 13.0 Å². The van der Waals surface area contributed by atoms with Crippen LogP contribution < -0.4 is 5.32 Å². The third kappa shape index (κ3) is 3.36. The van der Waals surface area contributed by atoms with Crippen molar-refractivity contribution >= 4 is 44.1 Å². The Morgan fingerprint density at radius 3 is 2.95 bits per heavy atom. The van der Waals surface area contributed by atoms with E-state index in [1.807, 2.05) is 35.8 Å². The molecule has 0 aliphatic carbocycles. The smallest absolute Gasteiger partial charge is 0.220 e. The Kier molecular flexibility index (Phi) is 4.41. The molecule has 1 amide bonds. The number of H-pyrrole nitrogens is 1. The molecule has 3 rings (SSSR count). The molecule has 0 saturated carbocycles. The van der Waals surface area contributed by atoms with Gasteiger partial charge in [0.2, 0.25) is 5.91 Å². The highest BCUT2D eigenvalue weighted by Gasteiger charge is 2.08. The first-order valence-electron chi connectivity index (χ1n) is 6.77. The molecule has 2 N–H and O–H groups in total. The van der Waals surface area contributed by atoms with Gasteiger partial charge in [0.1, 0.15) is 0 Å². The Bertz CT molecular complexity index is 762. The van der Waals surface area contributed by atoms with Crippen LogP contribution in [0.2, 0.25) is 0 Å². The van der Waals surface area contributed by atoms with Crippen molar-refractivity contribution in [1.82, 2.24) is 10.3 Å². The van der Waals surface area contributed by atoms with E-state index >= 15 is 0 Å². The molecule has 1 aromatic carbocycles. The molecule has 2 aromatic heterocycles. The average Bonchev–Trinajstić information content (AvgIpc) is 3.09. The molecule has 0 spiro atoms. The first kappa shape index (κ1) is 14.4. The zero-order valence-electron chi connectivity index (χ0n) is 11.4. The molecular formula is C16H15BrN2OS. The number of carbonyl (C=O) groups is 1. The number of hydrogen-bond donors (Lipinski definition) is 2. The normalized spacial score (nSPS) is 10.9. The van der Waals surface area contributed by atoms with Crippen LogP contribution in [0.25, 0.3) is 10.9 Å². The van der Waals surface area contributed by atoms with Crippen LogP contribution in [0.15, 0.2) is 46.4 Å². The van der Waals surface area contributed by atoms with Gasteiger partial charge in [0, 0.05) is 32.9 Å². The fourth-order valence-electron chi connectivity index (χ4n) is 2.31. The molecule has 0 atom stereocenters. The van der Waals surface area contributed by atoms with Gasteiger partial charge >= 0.3 is 0 Å². The Labute approximate surface area is 135 Å². The van der Waals surface area contributed by atoms with Crippen LogP contribution >= 0.6 is 27.3 Å². The summed E-state index contributed by atoms with van der Waals surface area (Å²) in [5.41, 5.74) is 2.31. The lowest BCUT2D eigenvalue weighted by Gasteiger charge is -2.04. The second-order valence-corrected chi connectivity index (χ2v) is 6.68. The first-order valence-corrected chi connectivity index (χ1v) is 8.45. The van der Waals surface area contributed by atoms with Gasteiger partial charge in [-0.2, -0.15) is 0 Å². The Hall–Kier alpha value is -1.59. The van der Waals surface area contributed by atoms with Crippen molar-refractivity contribution in [3.63, 3.8) is 0 Å². The van der Waals surface area contributed by atoms with Gasteiger partial charge < -0.3 is 10.3 Å². The van der Waals surface area contributed by atoms with Gasteiger partial charge in [0.25, 0.3) is 0 Å². The van der Waals surface area contributed by atoms with Gasteiger partial charge in [-0.3, -0.25) is 4.79 Å². The minimum atomic E-state index is 0.0839. The molecule has 3 aromatic rings. The number of hydrogen-bond acceptors (Lipinski definition) is 2. The number of rotatable bonds is 5. The monoisotopic (exact) mass is 362 g/mol. The lowest BCUT2D eigenvalue weighted by molar-refractivity contribution is -0.121. The number of fused-ring (bicyclic) bond motifs is 1. The maximum absolute atomic E-state index is 11.9. The van der Waals surface area contributed by atoms with E-state index in [4.69, 9.17) is 0 Å². The molecule has 5 heteroatoms. The zero-order valence-corrected chi connectivity index (χ0v) is 13.8. The number of halogens is 1. The van der Waals surface area contributed by atoms with Crippen LogP contribution in [0.5, 0.6) is 0 Å². The van der Waals surface area contributed by atoms with Crippen molar-refractivity contribution in [3.8, 4) is 0 Å². The SMILES string of the molecule is O=C(CCc1c[nH]c2ccccc12)NCc1sccc1Br. The molecule has 0 aliphatic heterocycles. The minimum Gasteiger partial charge on any atom is -0.361 e. The summed E-state index contributed by atoms with van der Waals surface area (Å²) in [5, 5.41) is 6.18. The summed E-state index contributed by atoms with van der Waals surface area (Å²) in [6.45, 7) is 0.588. The molecule has 0 bridgehead atoms. The van der Waals surface area contributed by atoms with Crippen molar-refractivity contribution in [3.05, 3.63) is 56.8 Å². The number of nitrogens with one attached hydrogen (secondary N) is 2. The molecule has 21 heavy (non-hydrogen) atoms. The second-order valence-electron chi connectivity index (χ2n) is 4.83. The highest BCUT2D eigenvalue weighted by atomic mass is 79.9. The van der Waals surface area contributed by atoms with Crippen molar-refractivity contribution in [1.29, 1.82) is 0 Å². The van der Waals surface area contributed by atoms with E-state index in [9.17, 15) is 4.79 Å². The van der Waals surface area contributed by atoms with Gasteiger partial charge in [-0.05, 0) is 45.4 Å². The summed E-state index contributed by atoms with van der Waals surface area (Å²) in [5.74, 6) is 0.0839. The maximum atomic E-state index is 11.9. The lowest BCUT2D eigenvalue weighted by atomic mass is 10.1. The number of thiophene rings is 1. The van der Waals surface area contributed by atoms with Crippen molar-refractivity contribution < 1.29 is 4.79 Å².